The summed E-state index contributed by atoms with van der Waals surface area (Å²) in [6, 6.07) is 0.472. The number of methoxy groups -OCH3 is 1. The van der Waals surface area contributed by atoms with E-state index in [1.807, 2.05) is 6.92 Å². The molecule has 4 heteroatoms. The van der Waals surface area contributed by atoms with Gasteiger partial charge in [-0.2, -0.15) is 0 Å². The van der Waals surface area contributed by atoms with Crippen LogP contribution in [0.25, 0.3) is 0 Å². The number of rotatable bonds is 5. The maximum Gasteiger partial charge on any atom is 0.309 e. The van der Waals surface area contributed by atoms with E-state index < -0.39 is 0 Å². The summed E-state index contributed by atoms with van der Waals surface area (Å²) < 4.78 is 4.84. The van der Waals surface area contributed by atoms with Crippen LogP contribution in [0.4, 0.5) is 0 Å². The Kier molecular flexibility index (Phi) is 6.67. The molecule has 0 aromatic rings. The molecule has 1 fully saturated rings. The molecule has 0 amide bonds. The zero-order valence-corrected chi connectivity index (χ0v) is 14.7. The highest BCUT2D eigenvalue weighted by Gasteiger charge is 2.37. The molecule has 0 aromatic heterocycles. The van der Waals surface area contributed by atoms with Gasteiger partial charge in [-0.25, -0.2) is 0 Å². The molecule has 0 aromatic carbocycles. The number of hydrogen-bond acceptors (Lipinski definition) is 4. The molecule has 1 aliphatic carbocycles. The molecule has 2 N–H and O–H groups in total. The number of hydrogen-bond donors (Lipinski definition) is 1. The van der Waals surface area contributed by atoms with E-state index in [1.165, 1.54) is 26.4 Å². The predicted octanol–water partition coefficient (Wildman–Crippen LogP) is 2.52. The summed E-state index contributed by atoms with van der Waals surface area (Å²) in [4.78, 5) is 14.0. The lowest BCUT2D eigenvalue weighted by atomic mass is 9.67. The third-order valence-electron chi connectivity index (χ3n) is 5.22. The van der Waals surface area contributed by atoms with Crippen molar-refractivity contribution in [2.75, 3.05) is 27.2 Å². The van der Waals surface area contributed by atoms with Crippen LogP contribution in [0.2, 0.25) is 0 Å². The fourth-order valence-electron chi connectivity index (χ4n) is 3.65. The van der Waals surface area contributed by atoms with Crippen LogP contribution in [0.5, 0.6) is 0 Å². The van der Waals surface area contributed by atoms with Crippen molar-refractivity contribution in [3.63, 3.8) is 0 Å². The van der Waals surface area contributed by atoms with Gasteiger partial charge < -0.3 is 15.4 Å². The maximum atomic E-state index is 11.6. The summed E-state index contributed by atoms with van der Waals surface area (Å²) >= 11 is 0. The molecular formula is C17H34N2O2. The van der Waals surface area contributed by atoms with Crippen LogP contribution in [0.1, 0.15) is 47.0 Å². The largest absolute Gasteiger partial charge is 0.469 e. The average molecular weight is 298 g/mol. The Hall–Kier alpha value is -0.610. The van der Waals surface area contributed by atoms with E-state index in [0.717, 1.165) is 19.0 Å². The van der Waals surface area contributed by atoms with Gasteiger partial charge in [-0.3, -0.25) is 4.79 Å². The lowest BCUT2D eigenvalue weighted by Gasteiger charge is -2.45. The Morgan fingerprint density at radius 3 is 2.48 bits per heavy atom. The molecular weight excluding hydrogens is 264 g/mol. The molecule has 1 saturated carbocycles. The van der Waals surface area contributed by atoms with Crippen LogP contribution >= 0.6 is 0 Å². The second kappa shape index (κ2) is 7.59. The van der Waals surface area contributed by atoms with Gasteiger partial charge in [0.15, 0.2) is 0 Å². The summed E-state index contributed by atoms with van der Waals surface area (Å²) in [5.41, 5.74) is 6.32. The molecule has 0 bridgehead atoms. The van der Waals surface area contributed by atoms with Crippen molar-refractivity contribution in [2.45, 2.75) is 53.0 Å². The van der Waals surface area contributed by atoms with Gasteiger partial charge in [0.25, 0.3) is 0 Å². The first kappa shape index (κ1) is 18.4. The zero-order valence-electron chi connectivity index (χ0n) is 14.7. The molecule has 1 rings (SSSR count). The monoisotopic (exact) mass is 298 g/mol. The minimum absolute atomic E-state index is 0.0894. The Morgan fingerprint density at radius 1 is 1.38 bits per heavy atom. The Balaban J connectivity index is 2.72. The third-order valence-corrected chi connectivity index (χ3v) is 5.22. The summed E-state index contributed by atoms with van der Waals surface area (Å²) in [7, 11) is 3.58. The van der Waals surface area contributed by atoms with Crippen LogP contribution in [-0.2, 0) is 9.53 Å². The highest BCUT2D eigenvalue weighted by Crippen LogP contribution is 2.41. The second-order valence-corrected chi connectivity index (χ2v) is 7.80. The minimum atomic E-state index is -0.130. The second-order valence-electron chi connectivity index (χ2n) is 7.80. The molecule has 0 heterocycles. The molecule has 0 radical (unpaired) electrons. The Labute approximate surface area is 130 Å². The first-order chi connectivity index (χ1) is 9.70. The van der Waals surface area contributed by atoms with Crippen LogP contribution in [-0.4, -0.2) is 44.2 Å². The van der Waals surface area contributed by atoms with E-state index in [0.29, 0.717) is 17.4 Å². The van der Waals surface area contributed by atoms with Crippen LogP contribution in [0.15, 0.2) is 0 Å². The standard InChI is InChI=1S/C17H34N2O2/c1-12(16(20)21-6)11-19(5)15-9-14(17(2,3)4)8-7-13(15)10-18/h12-15H,7-11,18H2,1-6H3. The van der Waals surface area contributed by atoms with Gasteiger partial charge >= 0.3 is 5.97 Å². The van der Waals surface area contributed by atoms with Gasteiger partial charge in [0.1, 0.15) is 0 Å². The van der Waals surface area contributed by atoms with E-state index in [1.54, 1.807) is 0 Å². The van der Waals surface area contributed by atoms with E-state index in [2.05, 4.69) is 32.7 Å². The molecule has 0 saturated heterocycles. The fraction of sp³-hybridized carbons (Fsp3) is 0.941. The van der Waals surface area contributed by atoms with Crippen LogP contribution in [0.3, 0.4) is 0 Å². The first-order valence-electron chi connectivity index (χ1n) is 8.18. The molecule has 124 valence electrons. The Bertz CT molecular complexity index is 338. The summed E-state index contributed by atoms with van der Waals surface area (Å²) in [5.74, 6) is 1.04. The van der Waals surface area contributed by atoms with Crippen LogP contribution in [0, 0.1) is 23.2 Å². The van der Waals surface area contributed by atoms with E-state index in [9.17, 15) is 4.79 Å². The van der Waals surface area contributed by atoms with E-state index in [4.69, 9.17) is 10.5 Å². The minimum Gasteiger partial charge on any atom is -0.469 e. The van der Waals surface area contributed by atoms with Gasteiger partial charge in [-0.1, -0.05) is 27.7 Å². The summed E-state index contributed by atoms with van der Waals surface area (Å²) in [6.07, 6.45) is 3.64. The Morgan fingerprint density at radius 2 is 2.00 bits per heavy atom. The highest BCUT2D eigenvalue weighted by atomic mass is 16.5. The smallest absolute Gasteiger partial charge is 0.309 e. The van der Waals surface area contributed by atoms with Gasteiger partial charge in [-0.05, 0) is 50.1 Å². The van der Waals surface area contributed by atoms with Crippen molar-refractivity contribution >= 4 is 5.97 Å². The number of esters is 1. The van der Waals surface area contributed by atoms with Crippen molar-refractivity contribution in [1.82, 2.24) is 4.90 Å². The molecule has 0 spiro atoms. The fourth-order valence-corrected chi connectivity index (χ4v) is 3.65. The van der Waals surface area contributed by atoms with Gasteiger partial charge in [0.2, 0.25) is 0 Å². The molecule has 4 atom stereocenters. The highest BCUT2D eigenvalue weighted by molar-refractivity contribution is 5.72. The van der Waals surface area contributed by atoms with E-state index in [-0.39, 0.29) is 11.9 Å². The summed E-state index contributed by atoms with van der Waals surface area (Å²) in [5, 5.41) is 0. The van der Waals surface area contributed by atoms with Crippen LogP contribution < -0.4 is 5.73 Å². The lowest BCUT2D eigenvalue weighted by Crippen LogP contribution is -2.48. The third kappa shape index (κ3) is 4.96. The molecule has 1 aliphatic rings. The van der Waals surface area contributed by atoms with Gasteiger partial charge in [0.05, 0.1) is 13.0 Å². The normalized spacial score (nSPS) is 28.5. The van der Waals surface area contributed by atoms with E-state index >= 15 is 0 Å². The van der Waals surface area contributed by atoms with Crippen molar-refractivity contribution in [3.05, 3.63) is 0 Å². The average Bonchev–Trinajstić information content (AvgIpc) is 2.44. The maximum absolute atomic E-state index is 11.6. The number of nitrogens with zero attached hydrogens (tertiary/aromatic N) is 1. The first-order valence-corrected chi connectivity index (χ1v) is 8.18. The predicted molar refractivity (Wildman–Crippen MR) is 86.9 cm³/mol. The summed E-state index contributed by atoms with van der Waals surface area (Å²) in [6.45, 7) is 10.4. The van der Waals surface area contributed by atoms with Crippen molar-refractivity contribution in [2.24, 2.45) is 28.9 Å². The van der Waals surface area contributed by atoms with Gasteiger partial charge in [0, 0.05) is 12.6 Å². The molecule has 21 heavy (non-hydrogen) atoms. The lowest BCUT2D eigenvalue weighted by molar-refractivity contribution is -0.145. The SMILES string of the molecule is COC(=O)C(C)CN(C)C1CC(C(C)(C)C)CCC1CN. The number of nitrogens with two attached hydrogens (primary N) is 1. The van der Waals surface area contributed by atoms with Gasteiger partial charge in [-0.15, -0.1) is 0 Å². The number of carbonyl (C=O) groups is 1. The van der Waals surface area contributed by atoms with Crippen molar-refractivity contribution in [3.8, 4) is 0 Å². The quantitative estimate of drug-likeness (QED) is 0.792. The molecule has 4 unspecified atom stereocenters. The van der Waals surface area contributed by atoms with Crippen molar-refractivity contribution < 1.29 is 9.53 Å². The molecule has 4 nitrogen and oxygen atoms in total. The molecule has 0 aliphatic heterocycles. The zero-order chi connectivity index (χ0) is 16.2. The number of ether oxygens (including phenoxy) is 1. The topological polar surface area (TPSA) is 55.6 Å². The van der Waals surface area contributed by atoms with Crippen molar-refractivity contribution in [1.29, 1.82) is 0 Å². The number of carbonyl (C=O) groups excluding carboxylic acids is 1.